The Balaban J connectivity index is 1.64. The number of nitrogens with one attached hydrogen (secondary N) is 2. The van der Waals surface area contributed by atoms with Gasteiger partial charge in [0.2, 0.25) is 0 Å². The van der Waals surface area contributed by atoms with Crippen molar-refractivity contribution in [1.82, 2.24) is 25.0 Å². The van der Waals surface area contributed by atoms with Crippen LogP contribution in [0.4, 0.5) is 20.3 Å². The third kappa shape index (κ3) is 3.66. The highest BCUT2D eigenvalue weighted by atomic mass is 19.1. The summed E-state index contributed by atoms with van der Waals surface area (Å²) in [6.45, 7) is 0.495. The van der Waals surface area contributed by atoms with E-state index >= 15 is 0 Å². The van der Waals surface area contributed by atoms with Crippen LogP contribution < -0.4 is 5.32 Å². The number of rotatable bonds is 6. The standard InChI is InChI=1S/C19H15F2N7/c20-13-2-3-16(21)12(6-13)7-17-15-10-23-27-18(15)8-19(26-17)25-14-9-24-28(11-14)5-1-4-22/h2-3,6,8-11H,1,5,7H2,(H,23,27)(H,25,26). The molecule has 4 rings (SSSR count). The second-order valence-electron chi connectivity index (χ2n) is 6.22. The lowest BCUT2D eigenvalue weighted by molar-refractivity contribution is 0.588. The van der Waals surface area contributed by atoms with Crippen LogP contribution in [0.15, 0.2) is 42.9 Å². The number of aryl methyl sites for hydroxylation is 1. The summed E-state index contributed by atoms with van der Waals surface area (Å²) >= 11 is 0. The Morgan fingerprint density at radius 2 is 2.11 bits per heavy atom. The number of hydrogen-bond donors (Lipinski definition) is 2. The highest BCUT2D eigenvalue weighted by Gasteiger charge is 2.13. The number of fused-ring (bicyclic) bond motifs is 1. The molecule has 28 heavy (non-hydrogen) atoms. The molecule has 0 saturated heterocycles. The van der Waals surface area contributed by atoms with Gasteiger partial charge in [0.15, 0.2) is 0 Å². The van der Waals surface area contributed by atoms with Gasteiger partial charge in [0.1, 0.15) is 17.5 Å². The zero-order valence-corrected chi connectivity index (χ0v) is 14.7. The van der Waals surface area contributed by atoms with Crippen molar-refractivity contribution in [2.45, 2.75) is 19.4 Å². The molecule has 1 aromatic carbocycles. The third-order valence-corrected chi connectivity index (χ3v) is 4.24. The predicted octanol–water partition coefficient (Wildman–Crippen LogP) is 3.68. The van der Waals surface area contributed by atoms with Crippen LogP contribution in [0.5, 0.6) is 0 Å². The van der Waals surface area contributed by atoms with Crippen molar-refractivity contribution in [3.8, 4) is 6.07 Å². The Morgan fingerprint density at radius 3 is 2.96 bits per heavy atom. The number of aromatic amines is 1. The average molecular weight is 379 g/mol. The van der Waals surface area contributed by atoms with Gasteiger partial charge in [-0.25, -0.2) is 13.8 Å². The average Bonchev–Trinajstić information content (AvgIpc) is 3.32. The maximum absolute atomic E-state index is 14.1. The first-order valence-electron chi connectivity index (χ1n) is 8.56. The van der Waals surface area contributed by atoms with Gasteiger partial charge in [-0.2, -0.15) is 15.5 Å². The molecular formula is C19H15F2N7. The molecule has 3 heterocycles. The van der Waals surface area contributed by atoms with Gasteiger partial charge in [-0.3, -0.25) is 9.78 Å². The fraction of sp³-hybridized carbons (Fsp3) is 0.158. The monoisotopic (exact) mass is 379 g/mol. The summed E-state index contributed by atoms with van der Waals surface area (Å²) in [5, 5.41) is 23.6. The summed E-state index contributed by atoms with van der Waals surface area (Å²) in [5.74, 6) is -0.473. The fourth-order valence-electron chi connectivity index (χ4n) is 2.93. The van der Waals surface area contributed by atoms with Gasteiger partial charge in [0.05, 0.1) is 48.3 Å². The van der Waals surface area contributed by atoms with Crippen LogP contribution in [0.25, 0.3) is 10.9 Å². The van der Waals surface area contributed by atoms with E-state index in [9.17, 15) is 8.78 Å². The van der Waals surface area contributed by atoms with Crippen LogP contribution in [-0.4, -0.2) is 25.0 Å². The summed E-state index contributed by atoms with van der Waals surface area (Å²) in [7, 11) is 0. The number of hydrogen-bond acceptors (Lipinski definition) is 5. The minimum absolute atomic E-state index is 0.122. The smallest absolute Gasteiger partial charge is 0.132 e. The van der Waals surface area contributed by atoms with E-state index < -0.39 is 11.6 Å². The van der Waals surface area contributed by atoms with Crippen LogP contribution in [0.3, 0.4) is 0 Å². The van der Waals surface area contributed by atoms with Crippen LogP contribution in [0.1, 0.15) is 17.7 Å². The van der Waals surface area contributed by atoms with E-state index in [0.717, 1.165) is 23.0 Å². The highest BCUT2D eigenvalue weighted by Crippen LogP contribution is 2.24. The molecule has 0 unspecified atom stereocenters. The lowest BCUT2D eigenvalue weighted by Crippen LogP contribution is -2.01. The van der Waals surface area contributed by atoms with Crippen LogP contribution in [0.2, 0.25) is 0 Å². The molecule has 0 fully saturated rings. The van der Waals surface area contributed by atoms with Crippen molar-refractivity contribution in [2.24, 2.45) is 0 Å². The topological polar surface area (TPSA) is 95.2 Å². The summed E-state index contributed by atoms with van der Waals surface area (Å²) in [6.07, 6.45) is 5.49. The molecule has 0 amide bonds. The summed E-state index contributed by atoms with van der Waals surface area (Å²) in [5.41, 5.74) is 2.21. The first-order chi connectivity index (χ1) is 13.6. The molecular weight excluding hydrogens is 364 g/mol. The molecule has 0 saturated carbocycles. The third-order valence-electron chi connectivity index (χ3n) is 4.24. The quantitative estimate of drug-likeness (QED) is 0.533. The Kier molecular flexibility index (Phi) is 4.68. The first-order valence-corrected chi connectivity index (χ1v) is 8.56. The van der Waals surface area contributed by atoms with E-state index in [1.807, 2.05) is 0 Å². The minimum Gasteiger partial charge on any atom is -0.338 e. The van der Waals surface area contributed by atoms with Crippen molar-refractivity contribution in [3.63, 3.8) is 0 Å². The van der Waals surface area contributed by atoms with Crippen LogP contribution in [-0.2, 0) is 13.0 Å². The SMILES string of the molecule is N#CCCn1cc(Nc2cc3[nH]ncc3c(Cc3cc(F)ccc3F)n2)cn1. The van der Waals surface area contributed by atoms with Gasteiger partial charge in [-0.05, 0) is 23.8 Å². The van der Waals surface area contributed by atoms with Gasteiger partial charge in [0.25, 0.3) is 0 Å². The molecule has 7 nitrogen and oxygen atoms in total. The number of nitrogens with zero attached hydrogens (tertiary/aromatic N) is 5. The molecule has 0 aliphatic heterocycles. The maximum Gasteiger partial charge on any atom is 0.132 e. The first kappa shape index (κ1) is 17.6. The van der Waals surface area contributed by atoms with E-state index in [1.54, 1.807) is 29.3 Å². The second-order valence-corrected chi connectivity index (χ2v) is 6.22. The van der Waals surface area contributed by atoms with Gasteiger partial charge >= 0.3 is 0 Å². The zero-order chi connectivity index (χ0) is 19.5. The lowest BCUT2D eigenvalue weighted by atomic mass is 10.1. The molecule has 0 aliphatic carbocycles. The molecule has 140 valence electrons. The van der Waals surface area contributed by atoms with Crippen molar-refractivity contribution in [1.29, 1.82) is 5.26 Å². The molecule has 0 atom stereocenters. The molecule has 4 aromatic rings. The molecule has 0 aliphatic rings. The van der Waals surface area contributed by atoms with Crippen molar-refractivity contribution < 1.29 is 8.78 Å². The van der Waals surface area contributed by atoms with Gasteiger partial charge in [-0.1, -0.05) is 0 Å². The fourth-order valence-corrected chi connectivity index (χ4v) is 2.93. The summed E-state index contributed by atoms with van der Waals surface area (Å²) in [6, 6.07) is 7.21. The molecule has 9 heteroatoms. The number of pyridine rings is 1. The number of halogens is 2. The van der Waals surface area contributed by atoms with Gasteiger partial charge in [-0.15, -0.1) is 0 Å². The normalized spacial score (nSPS) is 10.9. The highest BCUT2D eigenvalue weighted by molar-refractivity contribution is 5.83. The van der Waals surface area contributed by atoms with Gasteiger partial charge < -0.3 is 5.32 Å². The lowest BCUT2D eigenvalue weighted by Gasteiger charge is -2.09. The maximum atomic E-state index is 14.1. The Morgan fingerprint density at radius 1 is 1.21 bits per heavy atom. The summed E-state index contributed by atoms with van der Waals surface area (Å²) in [4.78, 5) is 4.56. The second kappa shape index (κ2) is 7.44. The predicted molar refractivity (Wildman–Crippen MR) is 98.8 cm³/mol. The number of anilines is 2. The number of nitriles is 1. The number of H-pyrrole nitrogens is 1. The molecule has 3 aromatic heterocycles. The van der Waals surface area contributed by atoms with E-state index in [-0.39, 0.29) is 12.0 Å². The van der Waals surface area contributed by atoms with Crippen LogP contribution in [0, 0.1) is 23.0 Å². The van der Waals surface area contributed by atoms with Crippen molar-refractivity contribution >= 4 is 22.4 Å². The molecule has 0 bridgehead atoms. The Bertz CT molecular complexity index is 1170. The van der Waals surface area contributed by atoms with E-state index in [1.165, 1.54) is 6.07 Å². The molecule has 0 radical (unpaired) electrons. The van der Waals surface area contributed by atoms with E-state index in [2.05, 4.69) is 31.7 Å². The van der Waals surface area contributed by atoms with Crippen LogP contribution >= 0.6 is 0 Å². The van der Waals surface area contributed by atoms with Crippen molar-refractivity contribution in [2.75, 3.05) is 5.32 Å². The number of benzene rings is 1. The Hall–Kier alpha value is -3.80. The number of aromatic nitrogens is 5. The largest absolute Gasteiger partial charge is 0.338 e. The molecule has 0 spiro atoms. The minimum atomic E-state index is -0.501. The van der Waals surface area contributed by atoms with E-state index in [0.29, 0.717) is 30.2 Å². The van der Waals surface area contributed by atoms with E-state index in [4.69, 9.17) is 5.26 Å². The zero-order valence-electron chi connectivity index (χ0n) is 14.7. The molecule has 2 N–H and O–H groups in total. The summed E-state index contributed by atoms with van der Waals surface area (Å²) < 4.78 is 29.2. The van der Waals surface area contributed by atoms with Crippen molar-refractivity contribution in [3.05, 3.63) is 65.7 Å². The Labute approximate surface area is 158 Å². The van der Waals surface area contributed by atoms with Gasteiger partial charge in [0, 0.05) is 24.1 Å².